The van der Waals surface area contributed by atoms with Crippen LogP contribution in [0.5, 0.6) is 11.6 Å². The zero-order chi connectivity index (χ0) is 15.5. The number of carbonyl (C=O) groups excluding carboxylic acids is 1. The predicted molar refractivity (Wildman–Crippen MR) is 79.3 cm³/mol. The Morgan fingerprint density at radius 1 is 1.24 bits per heavy atom. The van der Waals surface area contributed by atoms with E-state index in [2.05, 4.69) is 4.98 Å². The summed E-state index contributed by atoms with van der Waals surface area (Å²) < 4.78 is 5.61. The molecule has 0 amide bonds. The first-order chi connectivity index (χ1) is 9.90. The van der Waals surface area contributed by atoms with Gasteiger partial charge < -0.3 is 4.74 Å². The van der Waals surface area contributed by atoms with Crippen molar-refractivity contribution in [2.24, 2.45) is 5.41 Å². The van der Waals surface area contributed by atoms with Crippen LogP contribution in [0.15, 0.2) is 42.6 Å². The number of carbonyl (C=O) groups is 1. The minimum atomic E-state index is -0.459. The number of nitriles is 1. The third-order valence-corrected chi connectivity index (χ3v) is 2.86. The first-order valence-electron chi connectivity index (χ1n) is 6.59. The van der Waals surface area contributed by atoms with Crippen LogP contribution in [0.3, 0.4) is 0 Å². The van der Waals surface area contributed by atoms with Gasteiger partial charge in [-0.2, -0.15) is 5.26 Å². The van der Waals surface area contributed by atoms with Crippen LogP contribution in [0.2, 0.25) is 0 Å². The summed E-state index contributed by atoms with van der Waals surface area (Å²) in [6, 6.07) is 12.1. The standard InChI is InChI=1S/C17H16N2O2/c1-17(2,3)16(20)13-7-8-19-15(10-13)21-14-6-4-5-12(9-14)11-18/h4-10H,1-3H3. The maximum absolute atomic E-state index is 12.2. The lowest BCUT2D eigenvalue weighted by Gasteiger charge is -2.16. The van der Waals surface area contributed by atoms with Crippen LogP contribution in [0.25, 0.3) is 0 Å². The molecule has 106 valence electrons. The first-order valence-corrected chi connectivity index (χ1v) is 6.59. The van der Waals surface area contributed by atoms with Gasteiger partial charge in [0.05, 0.1) is 11.6 Å². The Bertz CT molecular complexity index is 709. The van der Waals surface area contributed by atoms with Gasteiger partial charge in [-0.15, -0.1) is 0 Å². The Morgan fingerprint density at radius 3 is 2.67 bits per heavy atom. The highest BCUT2D eigenvalue weighted by Gasteiger charge is 2.23. The van der Waals surface area contributed by atoms with Crippen LogP contribution in [-0.2, 0) is 0 Å². The van der Waals surface area contributed by atoms with Gasteiger partial charge in [-0.05, 0) is 24.3 Å². The Labute approximate surface area is 124 Å². The first kappa shape index (κ1) is 14.7. The number of rotatable bonds is 3. The summed E-state index contributed by atoms with van der Waals surface area (Å²) in [6.45, 7) is 5.60. The fourth-order valence-electron chi connectivity index (χ4n) is 1.79. The second kappa shape index (κ2) is 5.76. The maximum Gasteiger partial charge on any atom is 0.219 e. The molecule has 4 nitrogen and oxygen atoms in total. The Hall–Kier alpha value is -2.67. The molecule has 21 heavy (non-hydrogen) atoms. The van der Waals surface area contributed by atoms with Gasteiger partial charge in [-0.1, -0.05) is 26.8 Å². The van der Waals surface area contributed by atoms with Crippen LogP contribution in [0, 0.1) is 16.7 Å². The molecule has 1 aromatic heterocycles. The molecule has 1 heterocycles. The summed E-state index contributed by atoms with van der Waals surface area (Å²) in [5.41, 5.74) is 0.609. The van der Waals surface area contributed by atoms with Crippen molar-refractivity contribution >= 4 is 5.78 Å². The Balaban J connectivity index is 2.26. The molecule has 0 radical (unpaired) electrons. The number of pyridine rings is 1. The lowest BCUT2D eigenvalue weighted by molar-refractivity contribution is 0.0858. The second-order valence-electron chi connectivity index (χ2n) is 5.70. The van der Waals surface area contributed by atoms with Gasteiger partial charge in [-0.25, -0.2) is 4.98 Å². The van der Waals surface area contributed by atoms with Crippen LogP contribution in [0.4, 0.5) is 0 Å². The number of ketones is 1. The third-order valence-electron chi connectivity index (χ3n) is 2.86. The molecule has 4 heteroatoms. The molecule has 2 aromatic rings. The summed E-state index contributed by atoms with van der Waals surface area (Å²) in [6.07, 6.45) is 1.54. The topological polar surface area (TPSA) is 63.0 Å². The number of Topliss-reactive ketones (excluding diaryl/α,β-unsaturated/α-hetero) is 1. The molecular weight excluding hydrogens is 264 g/mol. The Morgan fingerprint density at radius 2 is 2.00 bits per heavy atom. The highest BCUT2D eigenvalue weighted by Crippen LogP contribution is 2.25. The zero-order valence-electron chi connectivity index (χ0n) is 12.3. The fraction of sp³-hybridized carbons (Fsp3) is 0.235. The summed E-state index contributed by atoms with van der Waals surface area (Å²) in [7, 11) is 0. The fourth-order valence-corrected chi connectivity index (χ4v) is 1.79. The molecule has 0 saturated heterocycles. The second-order valence-corrected chi connectivity index (χ2v) is 5.70. The molecule has 0 aliphatic heterocycles. The van der Waals surface area contributed by atoms with Gasteiger partial charge in [0.2, 0.25) is 5.88 Å². The average molecular weight is 280 g/mol. The molecule has 0 saturated carbocycles. The molecule has 0 N–H and O–H groups in total. The normalized spacial score (nSPS) is 10.8. The lowest BCUT2D eigenvalue weighted by atomic mass is 9.87. The number of ether oxygens (including phenoxy) is 1. The summed E-state index contributed by atoms with van der Waals surface area (Å²) >= 11 is 0. The Kier molecular flexibility index (Phi) is 4.04. The van der Waals surface area contributed by atoms with E-state index in [1.165, 1.54) is 0 Å². The van der Waals surface area contributed by atoms with Gasteiger partial charge in [0.15, 0.2) is 5.78 Å². The quantitative estimate of drug-likeness (QED) is 0.798. The zero-order valence-corrected chi connectivity index (χ0v) is 12.3. The van der Waals surface area contributed by atoms with Crippen LogP contribution < -0.4 is 4.74 Å². The molecule has 0 atom stereocenters. The van der Waals surface area contributed by atoms with E-state index in [9.17, 15) is 4.79 Å². The average Bonchev–Trinajstić information content (AvgIpc) is 2.46. The van der Waals surface area contributed by atoms with Gasteiger partial charge in [0, 0.05) is 23.2 Å². The number of aromatic nitrogens is 1. The van der Waals surface area contributed by atoms with Crippen molar-refractivity contribution in [3.05, 3.63) is 53.7 Å². The molecule has 0 bridgehead atoms. The SMILES string of the molecule is CC(C)(C)C(=O)c1ccnc(Oc2cccc(C#N)c2)c1. The monoisotopic (exact) mass is 280 g/mol. The molecule has 0 fully saturated rings. The van der Waals surface area contributed by atoms with Crippen molar-refractivity contribution in [3.63, 3.8) is 0 Å². The van der Waals surface area contributed by atoms with Gasteiger partial charge >= 0.3 is 0 Å². The van der Waals surface area contributed by atoms with E-state index in [4.69, 9.17) is 10.00 Å². The molecule has 0 aliphatic carbocycles. The van der Waals surface area contributed by atoms with E-state index in [1.807, 2.05) is 26.8 Å². The highest BCUT2D eigenvalue weighted by atomic mass is 16.5. The van der Waals surface area contributed by atoms with E-state index in [0.717, 1.165) is 0 Å². The van der Waals surface area contributed by atoms with Crippen molar-refractivity contribution in [2.75, 3.05) is 0 Å². The molecule has 0 spiro atoms. The van der Waals surface area contributed by atoms with Crippen molar-refractivity contribution in [1.82, 2.24) is 4.98 Å². The largest absolute Gasteiger partial charge is 0.439 e. The number of benzene rings is 1. The number of hydrogen-bond donors (Lipinski definition) is 0. The van der Waals surface area contributed by atoms with Gasteiger partial charge in [0.25, 0.3) is 0 Å². The van der Waals surface area contributed by atoms with Crippen LogP contribution in [0.1, 0.15) is 36.7 Å². The molecule has 0 aliphatic rings. The lowest BCUT2D eigenvalue weighted by Crippen LogP contribution is -2.20. The third kappa shape index (κ3) is 3.67. The minimum Gasteiger partial charge on any atom is -0.439 e. The van der Waals surface area contributed by atoms with Crippen molar-refractivity contribution in [1.29, 1.82) is 5.26 Å². The van der Waals surface area contributed by atoms with E-state index < -0.39 is 5.41 Å². The van der Waals surface area contributed by atoms with Crippen molar-refractivity contribution < 1.29 is 9.53 Å². The number of nitrogens with zero attached hydrogens (tertiary/aromatic N) is 2. The summed E-state index contributed by atoms with van der Waals surface area (Å²) in [4.78, 5) is 16.3. The molecule has 0 unspecified atom stereocenters. The van der Waals surface area contributed by atoms with E-state index in [0.29, 0.717) is 22.8 Å². The van der Waals surface area contributed by atoms with Gasteiger partial charge in [-0.3, -0.25) is 4.79 Å². The highest BCUT2D eigenvalue weighted by molar-refractivity contribution is 5.99. The van der Waals surface area contributed by atoms with Gasteiger partial charge in [0.1, 0.15) is 5.75 Å². The molecule has 2 rings (SSSR count). The van der Waals surface area contributed by atoms with E-state index >= 15 is 0 Å². The maximum atomic E-state index is 12.2. The summed E-state index contributed by atoms with van der Waals surface area (Å²) in [5, 5.41) is 8.87. The summed E-state index contributed by atoms with van der Waals surface area (Å²) in [5.74, 6) is 0.877. The minimum absolute atomic E-state index is 0.0283. The molecule has 1 aromatic carbocycles. The van der Waals surface area contributed by atoms with Crippen LogP contribution >= 0.6 is 0 Å². The smallest absolute Gasteiger partial charge is 0.219 e. The van der Waals surface area contributed by atoms with Crippen molar-refractivity contribution in [2.45, 2.75) is 20.8 Å². The van der Waals surface area contributed by atoms with Crippen LogP contribution in [-0.4, -0.2) is 10.8 Å². The molecular formula is C17H16N2O2. The van der Waals surface area contributed by atoms with E-state index in [1.54, 1.807) is 42.6 Å². The predicted octanol–water partition coefficient (Wildman–Crippen LogP) is 3.97. The van der Waals surface area contributed by atoms with Crippen molar-refractivity contribution in [3.8, 4) is 17.7 Å². The van der Waals surface area contributed by atoms with E-state index in [-0.39, 0.29) is 5.78 Å². The number of hydrogen-bond acceptors (Lipinski definition) is 4.